The Kier molecular flexibility index (Phi) is 6.69. The van der Waals surface area contributed by atoms with Crippen molar-refractivity contribution in [3.8, 4) is 5.75 Å². The molecule has 0 amide bonds. The molecular weight excluding hydrogens is 262 g/mol. The second-order valence-electron chi connectivity index (χ2n) is 5.61. The van der Waals surface area contributed by atoms with Gasteiger partial charge in [-0.3, -0.25) is 4.90 Å². The first-order valence-electron chi connectivity index (χ1n) is 8.08. The third-order valence-electron chi connectivity index (χ3n) is 4.90. The Morgan fingerprint density at radius 3 is 2.10 bits per heavy atom. The molecule has 21 heavy (non-hydrogen) atoms. The topological polar surface area (TPSA) is 32.7 Å². The molecule has 1 rings (SSSR count). The Morgan fingerprint density at radius 2 is 1.71 bits per heavy atom. The van der Waals surface area contributed by atoms with Gasteiger partial charge in [0.15, 0.2) is 0 Å². The predicted molar refractivity (Wildman–Crippen MR) is 88.9 cm³/mol. The van der Waals surface area contributed by atoms with Crippen molar-refractivity contribution in [3.63, 3.8) is 0 Å². The summed E-state index contributed by atoms with van der Waals surface area (Å²) in [6, 6.07) is 5.93. The fourth-order valence-electron chi connectivity index (χ4n) is 3.48. The predicted octanol–water partition coefficient (Wildman–Crippen LogP) is 3.94. The van der Waals surface area contributed by atoms with E-state index in [4.69, 9.17) is 4.74 Å². The van der Waals surface area contributed by atoms with Crippen LogP contribution in [-0.2, 0) is 0 Å². The number of aryl methyl sites for hydroxylation is 1. The Hall–Kier alpha value is -1.06. The number of ether oxygens (including phenoxy) is 1. The maximum absolute atomic E-state index is 11.1. The average Bonchev–Trinajstić information content (AvgIpc) is 2.51. The highest BCUT2D eigenvalue weighted by Crippen LogP contribution is 2.39. The molecule has 0 bridgehead atoms. The van der Waals surface area contributed by atoms with E-state index in [0.29, 0.717) is 0 Å². The molecule has 0 radical (unpaired) electrons. The van der Waals surface area contributed by atoms with Crippen LogP contribution in [0.5, 0.6) is 5.75 Å². The first kappa shape index (κ1) is 18.0. The number of methoxy groups -OCH3 is 1. The molecule has 0 fully saturated rings. The van der Waals surface area contributed by atoms with Crippen molar-refractivity contribution in [1.82, 2.24) is 4.90 Å². The molecule has 3 heteroatoms. The van der Waals surface area contributed by atoms with E-state index in [2.05, 4.69) is 32.6 Å². The number of aliphatic hydroxyl groups excluding tert-OH is 1. The first-order valence-corrected chi connectivity index (χ1v) is 8.08. The van der Waals surface area contributed by atoms with Crippen LogP contribution in [0.25, 0.3) is 0 Å². The van der Waals surface area contributed by atoms with E-state index in [1.165, 1.54) is 0 Å². The zero-order chi connectivity index (χ0) is 16.0. The Balaban J connectivity index is 3.25. The van der Waals surface area contributed by atoms with Crippen molar-refractivity contribution in [1.29, 1.82) is 0 Å². The van der Waals surface area contributed by atoms with E-state index in [0.717, 1.165) is 42.8 Å². The first-order chi connectivity index (χ1) is 10.00. The number of aliphatic hydroxyl groups is 1. The molecule has 0 saturated heterocycles. The molecule has 0 aliphatic heterocycles. The van der Waals surface area contributed by atoms with Crippen LogP contribution in [0.15, 0.2) is 18.2 Å². The molecule has 1 aromatic rings. The molecule has 1 atom stereocenters. The Bertz CT molecular complexity index is 437. The molecule has 120 valence electrons. The van der Waals surface area contributed by atoms with Crippen molar-refractivity contribution in [2.45, 2.75) is 59.1 Å². The molecular formula is C18H31NO2. The highest BCUT2D eigenvalue weighted by Gasteiger charge is 2.40. The average molecular weight is 293 g/mol. The molecule has 1 N–H and O–H groups in total. The summed E-state index contributed by atoms with van der Waals surface area (Å²) >= 11 is 0. The van der Waals surface area contributed by atoms with Gasteiger partial charge < -0.3 is 9.84 Å². The highest BCUT2D eigenvalue weighted by molar-refractivity contribution is 5.37. The van der Waals surface area contributed by atoms with Crippen molar-refractivity contribution in [2.75, 3.05) is 20.2 Å². The standard InChI is InChI=1S/C18H31NO2/c1-7-18(8-2,19(9-3)10-4)17(20)16-12-11-15(21-6)13-14(16)5/h11-13,17,20H,7-10H2,1-6H3. The molecule has 1 aromatic carbocycles. The third kappa shape index (κ3) is 3.41. The van der Waals surface area contributed by atoms with Crippen LogP contribution in [0, 0.1) is 6.92 Å². The zero-order valence-electron chi connectivity index (χ0n) is 14.4. The van der Waals surface area contributed by atoms with Gasteiger partial charge >= 0.3 is 0 Å². The zero-order valence-corrected chi connectivity index (χ0v) is 14.4. The van der Waals surface area contributed by atoms with Crippen molar-refractivity contribution >= 4 is 0 Å². The van der Waals surface area contributed by atoms with Crippen molar-refractivity contribution in [3.05, 3.63) is 29.3 Å². The van der Waals surface area contributed by atoms with E-state index >= 15 is 0 Å². The largest absolute Gasteiger partial charge is 0.497 e. The third-order valence-corrected chi connectivity index (χ3v) is 4.90. The van der Waals surface area contributed by atoms with Gasteiger partial charge in [-0.05, 0) is 56.1 Å². The molecule has 0 aliphatic carbocycles. The van der Waals surface area contributed by atoms with Crippen LogP contribution < -0.4 is 4.74 Å². The SMILES string of the molecule is CCN(CC)C(CC)(CC)C(O)c1ccc(OC)cc1C. The second kappa shape index (κ2) is 7.81. The van der Waals surface area contributed by atoms with Gasteiger partial charge in [0.2, 0.25) is 0 Å². The summed E-state index contributed by atoms with van der Waals surface area (Å²) in [7, 11) is 1.67. The minimum absolute atomic E-state index is 0.206. The van der Waals surface area contributed by atoms with Gasteiger partial charge in [0.05, 0.1) is 18.8 Å². The van der Waals surface area contributed by atoms with Gasteiger partial charge in [0, 0.05) is 0 Å². The summed E-state index contributed by atoms with van der Waals surface area (Å²) in [5, 5.41) is 11.1. The van der Waals surface area contributed by atoms with Gasteiger partial charge in [-0.1, -0.05) is 33.8 Å². The number of benzene rings is 1. The summed E-state index contributed by atoms with van der Waals surface area (Å²) in [5.74, 6) is 0.838. The van der Waals surface area contributed by atoms with E-state index in [1.54, 1.807) is 7.11 Å². The smallest absolute Gasteiger partial charge is 0.119 e. The minimum Gasteiger partial charge on any atom is -0.497 e. The maximum atomic E-state index is 11.1. The molecule has 1 unspecified atom stereocenters. The summed E-state index contributed by atoms with van der Waals surface area (Å²) in [6.07, 6.45) is 1.37. The fraction of sp³-hybridized carbons (Fsp3) is 0.667. The van der Waals surface area contributed by atoms with Gasteiger partial charge in [0.1, 0.15) is 5.75 Å². The van der Waals surface area contributed by atoms with E-state index in [1.807, 2.05) is 25.1 Å². The van der Waals surface area contributed by atoms with Crippen LogP contribution >= 0.6 is 0 Å². The molecule has 0 spiro atoms. The monoisotopic (exact) mass is 293 g/mol. The summed E-state index contributed by atoms with van der Waals surface area (Å²) < 4.78 is 5.27. The van der Waals surface area contributed by atoms with E-state index in [-0.39, 0.29) is 5.54 Å². The quantitative estimate of drug-likeness (QED) is 0.788. The normalized spacial score (nSPS) is 13.5. The van der Waals surface area contributed by atoms with Gasteiger partial charge in [-0.2, -0.15) is 0 Å². The molecule has 0 heterocycles. The summed E-state index contributed by atoms with van der Waals surface area (Å²) in [6.45, 7) is 12.6. The summed E-state index contributed by atoms with van der Waals surface area (Å²) in [4.78, 5) is 2.39. The fourth-order valence-corrected chi connectivity index (χ4v) is 3.48. The van der Waals surface area contributed by atoms with Crippen LogP contribution in [0.3, 0.4) is 0 Å². The van der Waals surface area contributed by atoms with Crippen molar-refractivity contribution in [2.24, 2.45) is 0 Å². The van der Waals surface area contributed by atoms with Gasteiger partial charge in [0.25, 0.3) is 0 Å². The number of hydrogen-bond donors (Lipinski definition) is 1. The molecule has 3 nitrogen and oxygen atoms in total. The van der Waals surface area contributed by atoms with Crippen LogP contribution in [0.2, 0.25) is 0 Å². The van der Waals surface area contributed by atoms with Crippen molar-refractivity contribution < 1.29 is 9.84 Å². The lowest BCUT2D eigenvalue weighted by Crippen LogP contribution is -2.52. The second-order valence-corrected chi connectivity index (χ2v) is 5.61. The Labute approximate surface area is 129 Å². The van der Waals surface area contributed by atoms with E-state index < -0.39 is 6.10 Å². The van der Waals surface area contributed by atoms with Crippen LogP contribution in [0.1, 0.15) is 57.8 Å². The molecule has 0 saturated carbocycles. The number of likely N-dealkylation sites (N-methyl/N-ethyl adjacent to an activating group) is 1. The summed E-state index contributed by atoms with van der Waals surface area (Å²) in [5.41, 5.74) is 1.88. The number of rotatable bonds is 8. The van der Waals surface area contributed by atoms with Crippen LogP contribution in [0.4, 0.5) is 0 Å². The lowest BCUT2D eigenvalue weighted by atomic mass is 9.80. The number of nitrogens with zero attached hydrogens (tertiary/aromatic N) is 1. The number of hydrogen-bond acceptors (Lipinski definition) is 3. The maximum Gasteiger partial charge on any atom is 0.119 e. The molecule has 0 aliphatic rings. The lowest BCUT2D eigenvalue weighted by Gasteiger charge is -2.46. The lowest BCUT2D eigenvalue weighted by molar-refractivity contribution is -0.0369. The highest BCUT2D eigenvalue weighted by atomic mass is 16.5. The van der Waals surface area contributed by atoms with Gasteiger partial charge in [-0.15, -0.1) is 0 Å². The Morgan fingerprint density at radius 1 is 1.14 bits per heavy atom. The van der Waals surface area contributed by atoms with Gasteiger partial charge in [-0.25, -0.2) is 0 Å². The van der Waals surface area contributed by atoms with Crippen LogP contribution in [-0.4, -0.2) is 35.7 Å². The van der Waals surface area contributed by atoms with E-state index in [9.17, 15) is 5.11 Å². The minimum atomic E-state index is -0.488. The molecule has 0 aromatic heterocycles.